The molecular formula is C16H18ClNO. The van der Waals surface area contributed by atoms with E-state index in [9.17, 15) is 5.11 Å². The largest absolute Gasteiger partial charge is 0.385 e. The van der Waals surface area contributed by atoms with E-state index >= 15 is 0 Å². The second kappa shape index (κ2) is 5.74. The van der Waals surface area contributed by atoms with Crippen molar-refractivity contribution in [3.05, 3.63) is 59.1 Å². The van der Waals surface area contributed by atoms with Crippen LogP contribution in [0.15, 0.2) is 48.5 Å². The molecule has 0 fully saturated rings. The van der Waals surface area contributed by atoms with Gasteiger partial charge in [-0.2, -0.15) is 0 Å². The minimum atomic E-state index is -0.868. The zero-order chi connectivity index (χ0) is 13.9. The molecule has 1 atom stereocenters. The van der Waals surface area contributed by atoms with Gasteiger partial charge in [-0.1, -0.05) is 48.0 Å². The van der Waals surface area contributed by atoms with E-state index in [1.54, 1.807) is 6.92 Å². The summed E-state index contributed by atoms with van der Waals surface area (Å²) in [5.41, 5.74) is 7.74. The summed E-state index contributed by atoms with van der Waals surface area (Å²) in [7, 11) is 0. The molecule has 0 saturated heterocycles. The lowest BCUT2D eigenvalue weighted by Gasteiger charge is -2.23. The van der Waals surface area contributed by atoms with Gasteiger partial charge in [-0.05, 0) is 48.7 Å². The van der Waals surface area contributed by atoms with Gasteiger partial charge in [0.15, 0.2) is 0 Å². The van der Waals surface area contributed by atoms with Crippen molar-refractivity contribution >= 4 is 11.6 Å². The van der Waals surface area contributed by atoms with Gasteiger partial charge in [-0.25, -0.2) is 0 Å². The van der Waals surface area contributed by atoms with Crippen LogP contribution in [0, 0.1) is 0 Å². The first-order valence-electron chi connectivity index (χ1n) is 6.32. The highest BCUT2D eigenvalue weighted by Crippen LogP contribution is 2.27. The lowest BCUT2D eigenvalue weighted by atomic mass is 9.91. The van der Waals surface area contributed by atoms with Gasteiger partial charge in [0.25, 0.3) is 0 Å². The Balaban J connectivity index is 2.25. The Labute approximate surface area is 118 Å². The Morgan fingerprint density at radius 2 is 1.47 bits per heavy atom. The third kappa shape index (κ3) is 3.35. The zero-order valence-electron chi connectivity index (χ0n) is 10.9. The number of hydrogen-bond acceptors (Lipinski definition) is 2. The summed E-state index contributed by atoms with van der Waals surface area (Å²) >= 11 is 5.87. The van der Waals surface area contributed by atoms with Gasteiger partial charge >= 0.3 is 0 Å². The molecule has 0 aromatic heterocycles. The van der Waals surface area contributed by atoms with Gasteiger partial charge in [0.2, 0.25) is 0 Å². The molecule has 19 heavy (non-hydrogen) atoms. The number of rotatable bonds is 4. The summed E-state index contributed by atoms with van der Waals surface area (Å²) in [6.07, 6.45) is 0.549. The number of nitrogens with two attached hydrogens (primary N) is 1. The van der Waals surface area contributed by atoms with Crippen LogP contribution in [0.5, 0.6) is 0 Å². The van der Waals surface area contributed by atoms with E-state index in [0.29, 0.717) is 13.0 Å². The Kier molecular flexibility index (Phi) is 4.25. The van der Waals surface area contributed by atoms with Gasteiger partial charge in [-0.3, -0.25) is 0 Å². The molecule has 3 N–H and O–H groups in total. The SMILES string of the molecule is CC(O)(CCN)c1ccc(-c2ccc(Cl)cc2)cc1. The highest BCUT2D eigenvalue weighted by molar-refractivity contribution is 6.30. The van der Waals surface area contributed by atoms with Crippen LogP contribution < -0.4 is 5.73 Å². The topological polar surface area (TPSA) is 46.2 Å². The smallest absolute Gasteiger partial charge is 0.0880 e. The minimum absolute atomic E-state index is 0.464. The Bertz CT molecular complexity index is 532. The van der Waals surface area contributed by atoms with Crippen molar-refractivity contribution < 1.29 is 5.11 Å². The van der Waals surface area contributed by atoms with Crippen LogP contribution in [0.3, 0.4) is 0 Å². The quantitative estimate of drug-likeness (QED) is 0.896. The highest BCUT2D eigenvalue weighted by Gasteiger charge is 2.21. The molecule has 0 spiro atoms. The van der Waals surface area contributed by atoms with E-state index < -0.39 is 5.60 Å². The first kappa shape index (κ1) is 14.1. The average molecular weight is 276 g/mol. The fraction of sp³-hybridized carbons (Fsp3) is 0.250. The number of hydrogen-bond donors (Lipinski definition) is 2. The molecule has 0 radical (unpaired) electrons. The van der Waals surface area contributed by atoms with Crippen LogP contribution in [0.4, 0.5) is 0 Å². The van der Waals surface area contributed by atoms with Gasteiger partial charge in [-0.15, -0.1) is 0 Å². The van der Waals surface area contributed by atoms with Crippen LogP contribution in [-0.4, -0.2) is 11.7 Å². The van der Waals surface area contributed by atoms with Gasteiger partial charge in [0.1, 0.15) is 0 Å². The molecule has 3 heteroatoms. The van der Waals surface area contributed by atoms with E-state index in [4.69, 9.17) is 17.3 Å². The van der Waals surface area contributed by atoms with E-state index in [0.717, 1.165) is 21.7 Å². The summed E-state index contributed by atoms with van der Waals surface area (Å²) in [4.78, 5) is 0. The predicted molar refractivity (Wildman–Crippen MR) is 80.1 cm³/mol. The van der Waals surface area contributed by atoms with Crippen LogP contribution in [0.25, 0.3) is 11.1 Å². The second-order valence-electron chi connectivity index (χ2n) is 4.90. The molecule has 2 nitrogen and oxygen atoms in total. The molecule has 0 aliphatic heterocycles. The molecule has 2 aromatic carbocycles. The van der Waals surface area contributed by atoms with Crippen molar-refractivity contribution in [2.45, 2.75) is 18.9 Å². The lowest BCUT2D eigenvalue weighted by molar-refractivity contribution is 0.0504. The molecule has 0 saturated carbocycles. The lowest BCUT2D eigenvalue weighted by Crippen LogP contribution is -2.24. The molecule has 2 aromatic rings. The maximum atomic E-state index is 10.3. The van der Waals surface area contributed by atoms with Crippen LogP contribution >= 0.6 is 11.6 Å². The fourth-order valence-corrected chi connectivity index (χ4v) is 2.22. The van der Waals surface area contributed by atoms with Crippen LogP contribution in [-0.2, 0) is 5.60 Å². The minimum Gasteiger partial charge on any atom is -0.385 e. The summed E-state index contributed by atoms with van der Waals surface area (Å²) < 4.78 is 0. The second-order valence-corrected chi connectivity index (χ2v) is 5.33. The Morgan fingerprint density at radius 3 is 1.95 bits per heavy atom. The molecular weight excluding hydrogens is 258 g/mol. The Morgan fingerprint density at radius 1 is 1.00 bits per heavy atom. The maximum absolute atomic E-state index is 10.3. The van der Waals surface area contributed by atoms with E-state index in [1.165, 1.54) is 0 Å². The van der Waals surface area contributed by atoms with Gasteiger partial charge in [0, 0.05) is 5.02 Å². The summed E-state index contributed by atoms with van der Waals surface area (Å²) in [6.45, 7) is 2.25. The molecule has 0 aliphatic carbocycles. The summed E-state index contributed by atoms with van der Waals surface area (Å²) in [5, 5.41) is 11.0. The van der Waals surface area contributed by atoms with Crippen molar-refractivity contribution in [2.75, 3.05) is 6.54 Å². The van der Waals surface area contributed by atoms with Crippen molar-refractivity contribution in [3.8, 4) is 11.1 Å². The van der Waals surface area contributed by atoms with Crippen molar-refractivity contribution in [3.63, 3.8) is 0 Å². The van der Waals surface area contributed by atoms with E-state index in [1.807, 2.05) is 48.5 Å². The van der Waals surface area contributed by atoms with E-state index in [-0.39, 0.29) is 0 Å². The molecule has 0 aliphatic rings. The van der Waals surface area contributed by atoms with Crippen molar-refractivity contribution in [1.29, 1.82) is 0 Å². The third-order valence-electron chi connectivity index (χ3n) is 3.32. The molecule has 2 rings (SSSR count). The monoisotopic (exact) mass is 275 g/mol. The summed E-state index contributed by atoms with van der Waals surface area (Å²) in [6, 6.07) is 15.6. The fourth-order valence-electron chi connectivity index (χ4n) is 2.09. The average Bonchev–Trinajstić information content (AvgIpc) is 2.40. The zero-order valence-corrected chi connectivity index (χ0v) is 11.7. The first-order valence-corrected chi connectivity index (χ1v) is 6.70. The molecule has 0 amide bonds. The summed E-state index contributed by atoms with van der Waals surface area (Å²) in [5.74, 6) is 0. The Hall–Kier alpha value is -1.35. The predicted octanol–water partition coefficient (Wildman–Crippen LogP) is 3.56. The number of benzene rings is 2. The molecule has 1 unspecified atom stereocenters. The van der Waals surface area contributed by atoms with E-state index in [2.05, 4.69) is 0 Å². The number of aliphatic hydroxyl groups is 1. The third-order valence-corrected chi connectivity index (χ3v) is 3.57. The van der Waals surface area contributed by atoms with Gasteiger partial charge in [0.05, 0.1) is 5.60 Å². The first-order chi connectivity index (χ1) is 9.03. The standard InChI is InChI=1S/C16H18ClNO/c1-16(19,10-11-18)14-6-2-12(3-7-14)13-4-8-15(17)9-5-13/h2-9,19H,10-11,18H2,1H3. The van der Waals surface area contributed by atoms with Crippen molar-refractivity contribution in [1.82, 2.24) is 0 Å². The van der Waals surface area contributed by atoms with Crippen molar-refractivity contribution in [2.24, 2.45) is 5.73 Å². The van der Waals surface area contributed by atoms with Gasteiger partial charge < -0.3 is 10.8 Å². The molecule has 0 bridgehead atoms. The molecule has 0 heterocycles. The highest BCUT2D eigenvalue weighted by atomic mass is 35.5. The number of halogens is 1. The maximum Gasteiger partial charge on any atom is 0.0880 e. The normalized spacial score (nSPS) is 14.1. The van der Waals surface area contributed by atoms with Crippen LogP contribution in [0.2, 0.25) is 5.02 Å². The molecule has 100 valence electrons. The van der Waals surface area contributed by atoms with Crippen LogP contribution in [0.1, 0.15) is 18.9 Å².